The Balaban J connectivity index is 1.09. The van der Waals surface area contributed by atoms with Crippen molar-refractivity contribution >= 4 is 23.2 Å². The van der Waals surface area contributed by atoms with Crippen LogP contribution in [0.25, 0.3) is 11.1 Å². The molecule has 0 radical (unpaired) electrons. The van der Waals surface area contributed by atoms with Crippen LogP contribution in [-0.2, 0) is 6.54 Å². The van der Waals surface area contributed by atoms with Gasteiger partial charge in [0, 0.05) is 43.8 Å². The molecule has 1 aliphatic heterocycles. The molecule has 1 spiro atoms. The molecule has 3 aromatic heterocycles. The molecule has 4 heterocycles. The van der Waals surface area contributed by atoms with Crippen molar-refractivity contribution in [1.29, 1.82) is 0 Å². The SMILES string of the molecule is CC(Cn1cnnn1)Oc1cc(-c2cnc(Nc3cn(C4CC5(C4)CN(CC(C)(C)O)C5)nc3C(C)C)nc2)ccc1Cl. The minimum atomic E-state index is -0.650. The van der Waals surface area contributed by atoms with Crippen molar-refractivity contribution in [1.82, 2.24) is 44.9 Å². The summed E-state index contributed by atoms with van der Waals surface area (Å²) in [4.78, 5) is 11.6. The summed E-state index contributed by atoms with van der Waals surface area (Å²) in [5.41, 5.74) is 3.39. The third-order valence-corrected chi connectivity index (χ3v) is 8.39. The molecule has 1 unspecified atom stereocenters. The third kappa shape index (κ3) is 6.66. The molecule has 1 aliphatic carbocycles. The molecule has 228 valence electrons. The highest BCUT2D eigenvalue weighted by Crippen LogP contribution is 2.54. The lowest BCUT2D eigenvalue weighted by Crippen LogP contribution is -2.64. The molecule has 12 nitrogen and oxygen atoms in total. The number of aliphatic hydroxyl groups is 1. The van der Waals surface area contributed by atoms with Crippen LogP contribution in [0.2, 0.25) is 5.02 Å². The van der Waals surface area contributed by atoms with Gasteiger partial charge in [-0.1, -0.05) is 31.5 Å². The van der Waals surface area contributed by atoms with Gasteiger partial charge < -0.3 is 15.2 Å². The van der Waals surface area contributed by atoms with E-state index < -0.39 is 5.60 Å². The van der Waals surface area contributed by atoms with Crippen LogP contribution in [0.5, 0.6) is 5.75 Å². The Morgan fingerprint density at radius 3 is 2.53 bits per heavy atom. The Kier molecular flexibility index (Phi) is 7.86. The number of hydrogen-bond acceptors (Lipinski definition) is 10. The number of nitrogens with one attached hydrogen (secondary N) is 1. The maximum absolute atomic E-state index is 10.1. The minimum Gasteiger partial charge on any atom is -0.487 e. The first-order valence-corrected chi connectivity index (χ1v) is 15.1. The summed E-state index contributed by atoms with van der Waals surface area (Å²) in [7, 11) is 0. The van der Waals surface area contributed by atoms with E-state index in [0.29, 0.717) is 34.7 Å². The van der Waals surface area contributed by atoms with Gasteiger partial charge in [0.25, 0.3) is 0 Å². The summed E-state index contributed by atoms with van der Waals surface area (Å²) < 4.78 is 9.81. The van der Waals surface area contributed by atoms with Crippen LogP contribution in [0.1, 0.15) is 65.1 Å². The van der Waals surface area contributed by atoms with Crippen molar-refractivity contribution in [3.63, 3.8) is 0 Å². The Morgan fingerprint density at radius 1 is 1.14 bits per heavy atom. The lowest BCUT2D eigenvalue weighted by molar-refractivity contribution is -0.115. The standard InChI is InChI=1S/C30H39ClN10O2/c1-19(2)27-25(14-41(36-27)23-9-30(10-23)16-39(17-30)15-29(4,5)42)35-28-32-11-22(12-33-28)21-6-7-24(31)26(8-21)43-20(3)13-40-18-34-37-38-40/h6-8,11-12,14,18-20,23,42H,9-10,13,15-17H2,1-5H3,(H,32,33,35). The number of β-amino-alcohol motifs (C(OH)–C–C–N with tert-alkyl or cyclic N) is 1. The number of halogens is 1. The molecule has 2 N–H and O–H groups in total. The van der Waals surface area contributed by atoms with Gasteiger partial charge in [-0.25, -0.2) is 14.6 Å². The molecule has 1 saturated carbocycles. The zero-order valence-corrected chi connectivity index (χ0v) is 26.0. The molecule has 1 saturated heterocycles. The van der Waals surface area contributed by atoms with Gasteiger partial charge >= 0.3 is 0 Å². The molecule has 0 bridgehead atoms. The molecule has 6 rings (SSSR count). The molecule has 4 aromatic rings. The van der Waals surface area contributed by atoms with Crippen LogP contribution >= 0.6 is 11.6 Å². The maximum atomic E-state index is 10.1. The summed E-state index contributed by atoms with van der Waals surface area (Å²) in [6, 6.07) is 6.01. The van der Waals surface area contributed by atoms with Crippen molar-refractivity contribution in [3.8, 4) is 16.9 Å². The van der Waals surface area contributed by atoms with E-state index in [2.05, 4.69) is 60.4 Å². The van der Waals surface area contributed by atoms with Crippen LogP contribution in [0.4, 0.5) is 11.6 Å². The maximum Gasteiger partial charge on any atom is 0.227 e. The summed E-state index contributed by atoms with van der Waals surface area (Å²) in [5.74, 6) is 1.33. The van der Waals surface area contributed by atoms with Gasteiger partial charge in [-0.2, -0.15) is 5.10 Å². The average molecular weight is 607 g/mol. The second-order valence-corrected chi connectivity index (χ2v) is 13.5. The largest absolute Gasteiger partial charge is 0.487 e. The number of anilines is 2. The molecule has 43 heavy (non-hydrogen) atoms. The quantitative estimate of drug-likeness (QED) is 0.247. The van der Waals surface area contributed by atoms with Gasteiger partial charge in [-0.05, 0) is 73.1 Å². The van der Waals surface area contributed by atoms with E-state index in [-0.39, 0.29) is 12.0 Å². The van der Waals surface area contributed by atoms with Gasteiger partial charge in [0.1, 0.15) is 18.2 Å². The first-order chi connectivity index (χ1) is 20.5. The number of likely N-dealkylation sites (tertiary alicyclic amines) is 1. The summed E-state index contributed by atoms with van der Waals surface area (Å²) in [6.45, 7) is 13.3. The van der Waals surface area contributed by atoms with E-state index in [1.165, 1.54) is 0 Å². The predicted octanol–water partition coefficient (Wildman–Crippen LogP) is 4.72. The smallest absolute Gasteiger partial charge is 0.227 e. The fraction of sp³-hybridized carbons (Fsp3) is 0.533. The number of ether oxygens (including phenoxy) is 1. The molecule has 1 atom stereocenters. The van der Waals surface area contributed by atoms with Crippen molar-refractivity contribution in [2.75, 3.05) is 25.0 Å². The zero-order chi connectivity index (χ0) is 30.4. The average Bonchev–Trinajstić information content (AvgIpc) is 3.56. The normalized spacial score (nSPS) is 17.6. The molecule has 1 aromatic carbocycles. The van der Waals surface area contributed by atoms with Gasteiger partial charge in [-0.15, -0.1) is 5.10 Å². The number of hydrogen-bond donors (Lipinski definition) is 2. The molecule has 2 aliphatic rings. The number of nitrogens with zero attached hydrogens (tertiary/aromatic N) is 9. The van der Waals surface area contributed by atoms with Crippen LogP contribution in [0.15, 0.2) is 43.1 Å². The zero-order valence-electron chi connectivity index (χ0n) is 25.3. The van der Waals surface area contributed by atoms with Crippen LogP contribution in [-0.4, -0.2) is 81.3 Å². The van der Waals surface area contributed by atoms with E-state index in [1.807, 2.05) is 39.0 Å². The Labute approximate surface area is 256 Å². The summed E-state index contributed by atoms with van der Waals surface area (Å²) in [5, 5.41) is 30.2. The van der Waals surface area contributed by atoms with Crippen molar-refractivity contribution in [3.05, 3.63) is 53.8 Å². The first kappa shape index (κ1) is 29.5. The predicted molar refractivity (Wildman–Crippen MR) is 163 cm³/mol. The van der Waals surface area contributed by atoms with Crippen molar-refractivity contribution in [2.45, 2.75) is 77.7 Å². The number of rotatable bonds is 11. The summed E-state index contributed by atoms with van der Waals surface area (Å²) in [6.07, 6.45) is 9.26. The molecular formula is C30H39ClN10O2. The monoisotopic (exact) mass is 606 g/mol. The fourth-order valence-corrected chi connectivity index (χ4v) is 6.44. The van der Waals surface area contributed by atoms with Crippen molar-refractivity contribution < 1.29 is 9.84 Å². The van der Waals surface area contributed by atoms with E-state index in [0.717, 1.165) is 55.0 Å². The minimum absolute atomic E-state index is 0.192. The highest BCUT2D eigenvalue weighted by Gasteiger charge is 2.53. The van der Waals surface area contributed by atoms with Crippen molar-refractivity contribution in [2.24, 2.45) is 5.41 Å². The Morgan fingerprint density at radius 2 is 1.88 bits per heavy atom. The number of aromatic nitrogens is 8. The van der Waals surface area contributed by atoms with E-state index in [9.17, 15) is 5.11 Å². The highest BCUT2D eigenvalue weighted by atomic mass is 35.5. The van der Waals surface area contributed by atoms with E-state index >= 15 is 0 Å². The summed E-state index contributed by atoms with van der Waals surface area (Å²) >= 11 is 6.43. The number of benzene rings is 1. The van der Waals surface area contributed by atoms with Gasteiger partial charge in [0.05, 0.1) is 34.6 Å². The lowest BCUT2D eigenvalue weighted by Gasteiger charge is -2.59. The van der Waals surface area contributed by atoms with Gasteiger partial charge in [-0.3, -0.25) is 9.58 Å². The van der Waals surface area contributed by atoms with Gasteiger partial charge in [0.15, 0.2) is 0 Å². The van der Waals surface area contributed by atoms with E-state index in [4.69, 9.17) is 21.4 Å². The van der Waals surface area contributed by atoms with Crippen LogP contribution in [0.3, 0.4) is 0 Å². The Bertz CT molecular complexity index is 1530. The lowest BCUT2D eigenvalue weighted by atomic mass is 9.60. The number of tetrazole rings is 1. The molecule has 2 fully saturated rings. The third-order valence-electron chi connectivity index (χ3n) is 8.07. The first-order valence-electron chi connectivity index (χ1n) is 14.8. The van der Waals surface area contributed by atoms with Gasteiger partial charge in [0.2, 0.25) is 5.95 Å². The highest BCUT2D eigenvalue weighted by molar-refractivity contribution is 6.32. The molecule has 0 amide bonds. The molecule has 13 heteroatoms. The molecular weight excluding hydrogens is 568 g/mol. The fourth-order valence-electron chi connectivity index (χ4n) is 6.28. The second kappa shape index (κ2) is 11.5. The topological polar surface area (TPSA) is 132 Å². The van der Waals surface area contributed by atoms with Crippen LogP contribution < -0.4 is 10.1 Å². The Hall–Kier alpha value is -3.61. The van der Waals surface area contributed by atoms with E-state index in [1.54, 1.807) is 23.4 Å². The second-order valence-electron chi connectivity index (χ2n) is 13.1. The van der Waals surface area contributed by atoms with Crippen LogP contribution in [0, 0.1) is 5.41 Å².